The third-order valence-corrected chi connectivity index (χ3v) is 4.86. The number of anilines is 1. The van der Waals surface area contributed by atoms with Crippen LogP contribution in [0.5, 0.6) is 0 Å². The zero-order chi connectivity index (χ0) is 13.5. The third-order valence-electron chi connectivity index (χ3n) is 4.61. The van der Waals surface area contributed by atoms with E-state index in [0.717, 1.165) is 24.9 Å². The Kier molecular flexibility index (Phi) is 3.17. The van der Waals surface area contributed by atoms with Crippen molar-refractivity contribution in [2.75, 3.05) is 12.4 Å². The maximum Gasteiger partial charge on any atom is 0.331 e. The van der Waals surface area contributed by atoms with Gasteiger partial charge in [0.25, 0.3) is 0 Å². The van der Waals surface area contributed by atoms with E-state index in [4.69, 9.17) is 16.3 Å². The number of fused-ring (bicyclic) bond motifs is 2. The summed E-state index contributed by atoms with van der Waals surface area (Å²) >= 11 is 5.90. The number of rotatable bonds is 3. The molecule has 1 aromatic rings. The molecular weight excluding hydrogens is 262 g/mol. The molecule has 2 fully saturated rings. The van der Waals surface area contributed by atoms with Gasteiger partial charge in [-0.2, -0.15) is 0 Å². The SMILES string of the molecule is COC(=O)C1(Nc2ccc(Cl)cc2)CC2CCC1C2. The fraction of sp³-hybridized carbons (Fsp3) is 0.533. The van der Waals surface area contributed by atoms with Gasteiger partial charge in [-0.15, -0.1) is 0 Å². The molecule has 2 saturated carbocycles. The van der Waals surface area contributed by atoms with E-state index in [1.165, 1.54) is 13.5 Å². The molecule has 0 spiro atoms. The number of carbonyl (C=O) groups is 1. The van der Waals surface area contributed by atoms with Crippen LogP contribution >= 0.6 is 11.6 Å². The van der Waals surface area contributed by atoms with Crippen molar-refractivity contribution in [3.05, 3.63) is 29.3 Å². The van der Waals surface area contributed by atoms with Crippen molar-refractivity contribution in [3.63, 3.8) is 0 Å². The van der Waals surface area contributed by atoms with Crippen LogP contribution in [0.4, 0.5) is 5.69 Å². The van der Waals surface area contributed by atoms with Gasteiger partial charge in [0.05, 0.1) is 7.11 Å². The first-order valence-electron chi connectivity index (χ1n) is 6.76. The van der Waals surface area contributed by atoms with Crippen molar-refractivity contribution in [1.29, 1.82) is 0 Å². The normalized spacial score (nSPS) is 32.3. The molecule has 0 radical (unpaired) electrons. The minimum absolute atomic E-state index is 0.130. The van der Waals surface area contributed by atoms with Crippen LogP contribution < -0.4 is 5.32 Å². The van der Waals surface area contributed by atoms with E-state index in [1.807, 2.05) is 24.3 Å². The lowest BCUT2D eigenvalue weighted by molar-refractivity contribution is -0.148. The molecule has 3 rings (SSSR count). The largest absolute Gasteiger partial charge is 0.467 e. The number of nitrogens with one attached hydrogen (secondary N) is 1. The molecule has 102 valence electrons. The van der Waals surface area contributed by atoms with Crippen molar-refractivity contribution >= 4 is 23.3 Å². The van der Waals surface area contributed by atoms with Crippen molar-refractivity contribution < 1.29 is 9.53 Å². The van der Waals surface area contributed by atoms with Gasteiger partial charge in [0.1, 0.15) is 5.54 Å². The molecule has 19 heavy (non-hydrogen) atoms. The van der Waals surface area contributed by atoms with Gasteiger partial charge < -0.3 is 10.1 Å². The monoisotopic (exact) mass is 279 g/mol. The van der Waals surface area contributed by atoms with Crippen LogP contribution in [0.25, 0.3) is 0 Å². The molecule has 2 aliphatic rings. The second-order valence-corrected chi connectivity index (χ2v) is 6.11. The van der Waals surface area contributed by atoms with Gasteiger partial charge >= 0.3 is 5.97 Å². The van der Waals surface area contributed by atoms with Gasteiger partial charge in [-0.05, 0) is 61.8 Å². The number of hydrogen-bond donors (Lipinski definition) is 1. The summed E-state index contributed by atoms with van der Waals surface area (Å²) in [6.07, 6.45) is 4.37. The highest BCUT2D eigenvalue weighted by Gasteiger charge is 2.56. The van der Waals surface area contributed by atoms with Crippen molar-refractivity contribution in [3.8, 4) is 0 Å². The van der Waals surface area contributed by atoms with Crippen molar-refractivity contribution in [2.45, 2.75) is 31.2 Å². The second kappa shape index (κ2) is 4.71. The van der Waals surface area contributed by atoms with Gasteiger partial charge in [0.2, 0.25) is 0 Å². The van der Waals surface area contributed by atoms with E-state index in [9.17, 15) is 4.79 Å². The molecule has 0 aliphatic heterocycles. The van der Waals surface area contributed by atoms with Crippen LogP contribution in [0.3, 0.4) is 0 Å². The topological polar surface area (TPSA) is 38.3 Å². The second-order valence-electron chi connectivity index (χ2n) is 5.67. The average molecular weight is 280 g/mol. The standard InChI is InChI=1S/C15H18ClNO2/c1-19-14(18)15(9-10-2-3-11(15)8-10)17-13-6-4-12(16)5-7-13/h4-7,10-11,17H,2-3,8-9H2,1H3. The highest BCUT2D eigenvalue weighted by atomic mass is 35.5. The molecule has 0 amide bonds. The number of benzene rings is 1. The highest BCUT2D eigenvalue weighted by Crippen LogP contribution is 2.52. The van der Waals surface area contributed by atoms with Crippen LogP contribution in [-0.4, -0.2) is 18.6 Å². The Balaban J connectivity index is 1.88. The van der Waals surface area contributed by atoms with E-state index in [1.54, 1.807) is 0 Å². The first-order valence-corrected chi connectivity index (χ1v) is 7.14. The molecular formula is C15H18ClNO2. The van der Waals surface area contributed by atoms with Crippen LogP contribution in [0.1, 0.15) is 25.7 Å². The Morgan fingerprint density at radius 3 is 2.63 bits per heavy atom. The summed E-state index contributed by atoms with van der Waals surface area (Å²) in [7, 11) is 1.47. The minimum Gasteiger partial charge on any atom is -0.467 e. The minimum atomic E-state index is -0.536. The fourth-order valence-electron chi connectivity index (χ4n) is 3.76. The Labute approximate surface area is 118 Å². The van der Waals surface area contributed by atoms with Crippen LogP contribution in [0.2, 0.25) is 5.02 Å². The van der Waals surface area contributed by atoms with E-state index >= 15 is 0 Å². The summed E-state index contributed by atoms with van der Waals surface area (Å²) in [5.41, 5.74) is 0.397. The maximum absolute atomic E-state index is 12.3. The molecule has 0 saturated heterocycles. The summed E-state index contributed by atoms with van der Waals surface area (Å²) in [5, 5.41) is 4.13. The number of carbonyl (C=O) groups excluding carboxylic acids is 1. The first-order chi connectivity index (χ1) is 9.14. The van der Waals surface area contributed by atoms with E-state index in [0.29, 0.717) is 16.9 Å². The first kappa shape index (κ1) is 12.8. The molecule has 1 N–H and O–H groups in total. The number of hydrogen-bond acceptors (Lipinski definition) is 3. The molecule has 3 unspecified atom stereocenters. The van der Waals surface area contributed by atoms with Gasteiger partial charge in [-0.3, -0.25) is 0 Å². The maximum atomic E-state index is 12.3. The predicted molar refractivity (Wildman–Crippen MR) is 75.3 cm³/mol. The lowest BCUT2D eigenvalue weighted by Gasteiger charge is -2.36. The molecule has 1 aromatic carbocycles. The predicted octanol–water partition coefficient (Wildman–Crippen LogP) is 3.48. The Hall–Kier alpha value is -1.22. The van der Waals surface area contributed by atoms with Gasteiger partial charge in [-0.25, -0.2) is 4.79 Å². The summed E-state index contributed by atoms with van der Waals surface area (Å²) in [6.45, 7) is 0. The molecule has 2 bridgehead atoms. The summed E-state index contributed by atoms with van der Waals surface area (Å²) in [5.74, 6) is 0.916. The van der Waals surface area contributed by atoms with Crippen LogP contribution in [-0.2, 0) is 9.53 Å². The molecule has 3 nitrogen and oxygen atoms in total. The number of halogens is 1. The van der Waals surface area contributed by atoms with E-state index < -0.39 is 5.54 Å². The van der Waals surface area contributed by atoms with Crippen molar-refractivity contribution in [1.82, 2.24) is 0 Å². The zero-order valence-corrected chi connectivity index (χ0v) is 11.7. The van der Waals surface area contributed by atoms with Crippen LogP contribution in [0.15, 0.2) is 24.3 Å². The molecule has 2 aliphatic carbocycles. The quantitative estimate of drug-likeness (QED) is 0.861. The van der Waals surface area contributed by atoms with Gasteiger partial charge in [0, 0.05) is 10.7 Å². The lowest BCUT2D eigenvalue weighted by atomic mass is 9.80. The molecule has 4 heteroatoms. The van der Waals surface area contributed by atoms with Gasteiger partial charge in [0.15, 0.2) is 0 Å². The average Bonchev–Trinajstić information content (AvgIpc) is 3.01. The smallest absolute Gasteiger partial charge is 0.331 e. The third kappa shape index (κ3) is 2.10. The Bertz CT molecular complexity index is 487. The number of esters is 1. The Morgan fingerprint density at radius 2 is 2.11 bits per heavy atom. The van der Waals surface area contributed by atoms with E-state index in [2.05, 4.69) is 5.32 Å². The molecule has 3 atom stereocenters. The van der Waals surface area contributed by atoms with Crippen molar-refractivity contribution in [2.24, 2.45) is 11.8 Å². The fourth-order valence-corrected chi connectivity index (χ4v) is 3.88. The summed E-state index contributed by atoms with van der Waals surface area (Å²) in [4.78, 5) is 12.3. The number of ether oxygens (including phenoxy) is 1. The van der Waals surface area contributed by atoms with E-state index in [-0.39, 0.29) is 5.97 Å². The molecule has 0 heterocycles. The summed E-state index contributed by atoms with van der Waals surface area (Å²) in [6, 6.07) is 7.50. The lowest BCUT2D eigenvalue weighted by Crippen LogP contribution is -2.51. The van der Waals surface area contributed by atoms with Gasteiger partial charge in [-0.1, -0.05) is 11.6 Å². The zero-order valence-electron chi connectivity index (χ0n) is 11.0. The summed E-state index contributed by atoms with van der Waals surface area (Å²) < 4.78 is 5.06. The molecule has 0 aromatic heterocycles. The highest BCUT2D eigenvalue weighted by molar-refractivity contribution is 6.30. The Morgan fingerprint density at radius 1 is 1.37 bits per heavy atom. The van der Waals surface area contributed by atoms with Crippen LogP contribution in [0, 0.1) is 11.8 Å². The number of methoxy groups -OCH3 is 1.